The van der Waals surface area contributed by atoms with E-state index in [2.05, 4.69) is 32.7 Å². The van der Waals surface area contributed by atoms with Gasteiger partial charge in [0, 0.05) is 37.8 Å². The van der Waals surface area contributed by atoms with E-state index in [0.29, 0.717) is 18.9 Å². The van der Waals surface area contributed by atoms with Crippen LogP contribution in [0.2, 0.25) is 0 Å². The standard InChI is InChI=1S/C18H24N6O2/c1-14(2)18(26)19-16-12-24(21-20-16)13-17(25)23-10-8-22(9-11-23)15-6-4-3-5-7-15/h3-7,12,14H,8-11,13H2,1-2H3,(H,19,26). The molecule has 1 fully saturated rings. The van der Waals surface area contributed by atoms with Gasteiger partial charge in [0.05, 0.1) is 6.20 Å². The molecule has 1 aromatic heterocycles. The van der Waals surface area contributed by atoms with E-state index < -0.39 is 0 Å². The molecule has 26 heavy (non-hydrogen) atoms. The molecule has 1 aliphatic heterocycles. The molecule has 1 saturated heterocycles. The van der Waals surface area contributed by atoms with Gasteiger partial charge in [0.25, 0.3) is 0 Å². The second-order valence-electron chi connectivity index (χ2n) is 6.65. The fraction of sp³-hybridized carbons (Fsp3) is 0.444. The van der Waals surface area contributed by atoms with Crippen LogP contribution in [0.5, 0.6) is 0 Å². The average Bonchev–Trinajstić information content (AvgIpc) is 3.09. The molecule has 0 aliphatic carbocycles. The van der Waals surface area contributed by atoms with Crippen LogP contribution in [0.15, 0.2) is 36.5 Å². The lowest BCUT2D eigenvalue weighted by atomic mass is 10.2. The summed E-state index contributed by atoms with van der Waals surface area (Å²) in [7, 11) is 0. The summed E-state index contributed by atoms with van der Waals surface area (Å²) in [6, 6.07) is 10.2. The number of para-hydroxylation sites is 1. The number of rotatable bonds is 5. The molecular weight excluding hydrogens is 332 g/mol. The van der Waals surface area contributed by atoms with Crippen LogP contribution in [-0.2, 0) is 16.1 Å². The van der Waals surface area contributed by atoms with Crippen molar-refractivity contribution in [1.82, 2.24) is 19.9 Å². The highest BCUT2D eigenvalue weighted by Gasteiger charge is 2.22. The molecule has 0 spiro atoms. The van der Waals surface area contributed by atoms with E-state index in [9.17, 15) is 9.59 Å². The first-order valence-electron chi connectivity index (χ1n) is 8.81. The van der Waals surface area contributed by atoms with Crippen LogP contribution in [0.4, 0.5) is 11.5 Å². The minimum Gasteiger partial charge on any atom is -0.368 e. The Balaban J connectivity index is 1.50. The lowest BCUT2D eigenvalue weighted by Crippen LogP contribution is -2.49. The third-order valence-electron chi connectivity index (χ3n) is 4.37. The highest BCUT2D eigenvalue weighted by Crippen LogP contribution is 2.15. The van der Waals surface area contributed by atoms with Crippen LogP contribution in [0, 0.1) is 5.92 Å². The zero-order valence-corrected chi connectivity index (χ0v) is 15.1. The van der Waals surface area contributed by atoms with E-state index in [1.807, 2.05) is 23.1 Å². The first kappa shape index (κ1) is 17.9. The molecule has 3 rings (SSSR count). The molecule has 0 saturated carbocycles. The van der Waals surface area contributed by atoms with Crippen molar-refractivity contribution in [1.29, 1.82) is 0 Å². The first-order valence-corrected chi connectivity index (χ1v) is 8.81. The van der Waals surface area contributed by atoms with E-state index in [-0.39, 0.29) is 24.3 Å². The van der Waals surface area contributed by atoms with Crippen molar-refractivity contribution in [3.8, 4) is 0 Å². The van der Waals surface area contributed by atoms with Crippen molar-refractivity contribution < 1.29 is 9.59 Å². The largest absolute Gasteiger partial charge is 0.368 e. The van der Waals surface area contributed by atoms with Gasteiger partial charge in [-0.3, -0.25) is 9.59 Å². The molecule has 2 aromatic rings. The van der Waals surface area contributed by atoms with Gasteiger partial charge in [-0.25, -0.2) is 4.68 Å². The summed E-state index contributed by atoms with van der Waals surface area (Å²) in [6.07, 6.45) is 1.58. The second kappa shape index (κ2) is 7.99. The monoisotopic (exact) mass is 356 g/mol. The summed E-state index contributed by atoms with van der Waals surface area (Å²) < 4.78 is 1.46. The molecule has 0 bridgehead atoms. The number of nitrogens with zero attached hydrogens (tertiary/aromatic N) is 5. The van der Waals surface area contributed by atoms with Crippen LogP contribution in [-0.4, -0.2) is 57.9 Å². The van der Waals surface area contributed by atoms with Crippen LogP contribution in [0.25, 0.3) is 0 Å². The van der Waals surface area contributed by atoms with E-state index in [4.69, 9.17) is 0 Å². The molecule has 1 N–H and O–H groups in total. The molecule has 1 aliphatic rings. The minimum absolute atomic E-state index is 0.00403. The van der Waals surface area contributed by atoms with Gasteiger partial charge in [-0.05, 0) is 12.1 Å². The first-order chi connectivity index (χ1) is 12.5. The third kappa shape index (κ3) is 4.38. The summed E-state index contributed by atoms with van der Waals surface area (Å²) in [5.74, 6) is 0.109. The number of hydrogen-bond acceptors (Lipinski definition) is 5. The molecule has 2 amide bonds. The Morgan fingerprint density at radius 3 is 2.46 bits per heavy atom. The smallest absolute Gasteiger partial charge is 0.244 e. The fourth-order valence-electron chi connectivity index (χ4n) is 2.79. The van der Waals surface area contributed by atoms with Crippen molar-refractivity contribution in [3.05, 3.63) is 36.5 Å². The molecular formula is C18H24N6O2. The van der Waals surface area contributed by atoms with Gasteiger partial charge in [-0.1, -0.05) is 37.3 Å². The highest BCUT2D eigenvalue weighted by molar-refractivity contribution is 5.90. The van der Waals surface area contributed by atoms with E-state index in [1.165, 1.54) is 10.4 Å². The molecule has 2 heterocycles. The number of amides is 2. The van der Waals surface area contributed by atoms with Crippen molar-refractivity contribution in [3.63, 3.8) is 0 Å². The summed E-state index contributed by atoms with van der Waals surface area (Å²) in [5, 5.41) is 10.5. The maximum absolute atomic E-state index is 12.5. The Bertz CT molecular complexity index is 750. The van der Waals surface area contributed by atoms with Crippen molar-refractivity contribution in [2.75, 3.05) is 36.4 Å². The zero-order chi connectivity index (χ0) is 18.5. The van der Waals surface area contributed by atoms with Crippen LogP contribution >= 0.6 is 0 Å². The SMILES string of the molecule is CC(C)C(=O)Nc1cn(CC(=O)N2CCN(c3ccccc3)CC2)nn1. The van der Waals surface area contributed by atoms with Gasteiger partial charge in [0.15, 0.2) is 5.82 Å². The molecule has 1 aromatic carbocycles. The topological polar surface area (TPSA) is 83.4 Å². The number of carbonyl (C=O) groups excluding carboxylic acids is 2. The van der Waals surface area contributed by atoms with Crippen molar-refractivity contribution >= 4 is 23.3 Å². The predicted molar refractivity (Wildman–Crippen MR) is 98.7 cm³/mol. The number of anilines is 2. The van der Waals surface area contributed by atoms with E-state index in [0.717, 1.165) is 13.1 Å². The Labute approximate surface area is 152 Å². The minimum atomic E-state index is -0.136. The van der Waals surface area contributed by atoms with Gasteiger partial charge in [0.1, 0.15) is 6.54 Å². The Hall–Kier alpha value is -2.90. The third-order valence-corrected chi connectivity index (χ3v) is 4.37. The number of aromatic nitrogens is 3. The maximum Gasteiger partial charge on any atom is 0.244 e. The number of benzene rings is 1. The van der Waals surface area contributed by atoms with Gasteiger partial charge >= 0.3 is 0 Å². The normalized spacial score (nSPS) is 14.6. The Morgan fingerprint density at radius 1 is 1.12 bits per heavy atom. The van der Waals surface area contributed by atoms with Crippen LogP contribution in [0.3, 0.4) is 0 Å². The summed E-state index contributed by atoms with van der Waals surface area (Å²) >= 11 is 0. The summed E-state index contributed by atoms with van der Waals surface area (Å²) in [5.41, 5.74) is 1.18. The molecule has 138 valence electrons. The van der Waals surface area contributed by atoms with E-state index in [1.54, 1.807) is 20.0 Å². The number of piperazine rings is 1. The lowest BCUT2D eigenvalue weighted by molar-refractivity contribution is -0.132. The Kier molecular flexibility index (Phi) is 5.50. The molecule has 0 atom stereocenters. The lowest BCUT2D eigenvalue weighted by Gasteiger charge is -2.36. The van der Waals surface area contributed by atoms with Crippen molar-refractivity contribution in [2.45, 2.75) is 20.4 Å². The fourth-order valence-corrected chi connectivity index (χ4v) is 2.79. The second-order valence-corrected chi connectivity index (χ2v) is 6.65. The molecule has 0 unspecified atom stereocenters. The molecule has 0 radical (unpaired) electrons. The van der Waals surface area contributed by atoms with Crippen molar-refractivity contribution in [2.24, 2.45) is 5.92 Å². The molecule has 8 heteroatoms. The van der Waals surface area contributed by atoms with Gasteiger partial charge < -0.3 is 15.1 Å². The number of nitrogens with one attached hydrogen (secondary N) is 1. The Morgan fingerprint density at radius 2 is 1.81 bits per heavy atom. The van der Waals surface area contributed by atoms with Crippen LogP contribution in [0.1, 0.15) is 13.8 Å². The quantitative estimate of drug-likeness (QED) is 0.871. The predicted octanol–water partition coefficient (Wildman–Crippen LogP) is 1.22. The zero-order valence-electron chi connectivity index (χ0n) is 15.1. The van der Waals surface area contributed by atoms with Crippen LogP contribution < -0.4 is 10.2 Å². The number of carbonyl (C=O) groups is 2. The summed E-state index contributed by atoms with van der Waals surface area (Å²) in [6.45, 7) is 6.71. The number of hydrogen-bond donors (Lipinski definition) is 1. The summed E-state index contributed by atoms with van der Waals surface area (Å²) in [4.78, 5) is 28.3. The molecule has 8 nitrogen and oxygen atoms in total. The van der Waals surface area contributed by atoms with Gasteiger partial charge in [-0.15, -0.1) is 5.10 Å². The highest BCUT2D eigenvalue weighted by atomic mass is 16.2. The van der Waals surface area contributed by atoms with E-state index >= 15 is 0 Å². The maximum atomic E-state index is 12.5. The average molecular weight is 356 g/mol. The van der Waals surface area contributed by atoms with Gasteiger partial charge in [-0.2, -0.15) is 0 Å². The van der Waals surface area contributed by atoms with Gasteiger partial charge in [0.2, 0.25) is 11.8 Å².